The number of aromatic nitrogens is 5. The number of rotatable bonds is 6. The highest BCUT2D eigenvalue weighted by molar-refractivity contribution is 7.19. The minimum atomic E-state index is -4.51. The average molecular weight is 556 g/mol. The number of aryl methyl sites for hydroxylation is 1. The molecule has 0 bridgehead atoms. The van der Waals surface area contributed by atoms with Crippen molar-refractivity contribution in [3.8, 4) is 16.3 Å². The molecule has 12 heteroatoms. The Balaban J connectivity index is 1.13. The minimum Gasteiger partial charge on any atom is -0.336 e. The minimum absolute atomic E-state index is 0.0405. The van der Waals surface area contributed by atoms with Crippen molar-refractivity contribution in [2.45, 2.75) is 64.1 Å². The zero-order valence-electron chi connectivity index (χ0n) is 21.4. The first-order valence-corrected chi connectivity index (χ1v) is 13.9. The summed E-state index contributed by atoms with van der Waals surface area (Å²) in [5.74, 6) is 0.521. The van der Waals surface area contributed by atoms with Gasteiger partial charge in [-0.15, -0.1) is 0 Å². The van der Waals surface area contributed by atoms with Gasteiger partial charge in [-0.2, -0.15) is 23.4 Å². The lowest BCUT2D eigenvalue weighted by Crippen LogP contribution is -2.32. The Hall–Kier alpha value is -3.67. The summed E-state index contributed by atoms with van der Waals surface area (Å²) in [6, 6.07) is 7.13. The molecule has 1 fully saturated rings. The van der Waals surface area contributed by atoms with Crippen LogP contribution in [0.3, 0.4) is 0 Å². The van der Waals surface area contributed by atoms with Gasteiger partial charge in [0.2, 0.25) is 0 Å². The number of halogens is 3. The Kier molecular flexibility index (Phi) is 6.66. The highest BCUT2D eigenvalue weighted by Gasteiger charge is 2.36. The maximum absolute atomic E-state index is 13.7. The number of carbonyl (C=O) groups excluding carboxylic acids is 1. The van der Waals surface area contributed by atoms with E-state index in [1.807, 2.05) is 11.6 Å². The van der Waals surface area contributed by atoms with Crippen molar-refractivity contribution in [3.63, 3.8) is 0 Å². The predicted octanol–water partition coefficient (Wildman–Crippen LogP) is 6.29. The van der Waals surface area contributed by atoms with Crippen LogP contribution in [0.4, 0.5) is 23.1 Å². The Labute approximate surface area is 227 Å². The SMILES string of the molecule is Cc1cc(C2CCCCC2)n(CCNC(=O)Nc2nc3c(s2)-c2c(cnn2-c2ccccc2C(F)(F)F)C3)n1. The van der Waals surface area contributed by atoms with Crippen LogP contribution in [0.15, 0.2) is 36.5 Å². The molecule has 0 saturated heterocycles. The van der Waals surface area contributed by atoms with Gasteiger partial charge in [-0.05, 0) is 38.0 Å². The van der Waals surface area contributed by atoms with E-state index in [2.05, 4.69) is 31.9 Å². The van der Waals surface area contributed by atoms with Gasteiger partial charge in [0.15, 0.2) is 5.13 Å². The smallest absolute Gasteiger partial charge is 0.336 e. The number of anilines is 1. The number of carbonyl (C=O) groups is 1. The van der Waals surface area contributed by atoms with Gasteiger partial charge in [0.1, 0.15) is 0 Å². The first kappa shape index (κ1) is 25.6. The second-order valence-corrected chi connectivity index (χ2v) is 11.1. The van der Waals surface area contributed by atoms with E-state index in [9.17, 15) is 18.0 Å². The number of hydrogen-bond acceptors (Lipinski definition) is 5. The first-order valence-electron chi connectivity index (χ1n) is 13.1. The Bertz CT molecular complexity index is 1510. The number of hydrogen-bond donors (Lipinski definition) is 2. The zero-order valence-corrected chi connectivity index (χ0v) is 22.2. The zero-order chi connectivity index (χ0) is 27.1. The number of fused-ring (bicyclic) bond motifs is 3. The molecular formula is C27H28F3N7OS. The largest absolute Gasteiger partial charge is 0.418 e. The molecule has 2 aliphatic rings. The van der Waals surface area contributed by atoms with E-state index in [0.29, 0.717) is 46.8 Å². The van der Waals surface area contributed by atoms with Crippen molar-refractivity contribution >= 4 is 22.5 Å². The van der Waals surface area contributed by atoms with Gasteiger partial charge in [0, 0.05) is 30.1 Å². The van der Waals surface area contributed by atoms with E-state index in [1.165, 1.54) is 65.9 Å². The number of benzene rings is 1. The van der Waals surface area contributed by atoms with Crippen LogP contribution in [-0.4, -0.2) is 37.1 Å². The van der Waals surface area contributed by atoms with Gasteiger partial charge in [-0.3, -0.25) is 10.00 Å². The molecule has 0 radical (unpaired) electrons. The van der Waals surface area contributed by atoms with Crippen molar-refractivity contribution in [3.05, 3.63) is 64.7 Å². The van der Waals surface area contributed by atoms with Gasteiger partial charge in [-0.25, -0.2) is 14.5 Å². The highest BCUT2D eigenvalue weighted by atomic mass is 32.1. The van der Waals surface area contributed by atoms with E-state index in [1.54, 1.807) is 12.3 Å². The number of para-hydroxylation sites is 1. The van der Waals surface area contributed by atoms with Crippen LogP contribution in [0.25, 0.3) is 16.3 Å². The number of alkyl halides is 3. The molecule has 39 heavy (non-hydrogen) atoms. The van der Waals surface area contributed by atoms with Crippen LogP contribution in [0.2, 0.25) is 0 Å². The summed E-state index contributed by atoms with van der Waals surface area (Å²) in [7, 11) is 0. The van der Waals surface area contributed by atoms with Crippen molar-refractivity contribution in [1.29, 1.82) is 0 Å². The van der Waals surface area contributed by atoms with Gasteiger partial charge < -0.3 is 5.32 Å². The maximum Gasteiger partial charge on any atom is 0.418 e. The first-order chi connectivity index (χ1) is 18.8. The van der Waals surface area contributed by atoms with Crippen LogP contribution >= 0.6 is 11.3 Å². The standard InChI is InChI=1S/C27H28F3N7OS/c1-16-13-22(17-7-3-2-4-8-17)36(35-16)12-11-31-25(38)34-26-33-20-14-18-15-32-37(23(18)24(20)39-26)21-10-6-5-9-19(21)27(28,29)30/h5-6,9-10,13,15,17H,2-4,7-8,11-12,14H2,1H3,(H2,31,33,34,38). The van der Waals surface area contributed by atoms with Crippen LogP contribution in [-0.2, 0) is 19.1 Å². The Morgan fingerprint density at radius 1 is 1.18 bits per heavy atom. The maximum atomic E-state index is 13.7. The topological polar surface area (TPSA) is 89.7 Å². The van der Waals surface area contributed by atoms with Crippen molar-refractivity contribution in [2.24, 2.45) is 0 Å². The molecular weight excluding hydrogens is 527 g/mol. The normalized spacial score (nSPS) is 15.3. The summed E-state index contributed by atoms with van der Waals surface area (Å²) in [5.41, 5.74) is 3.52. The molecule has 8 nitrogen and oxygen atoms in total. The fourth-order valence-electron chi connectivity index (χ4n) is 5.61. The summed E-state index contributed by atoms with van der Waals surface area (Å²) in [5, 5.41) is 14.9. The molecule has 2 N–H and O–H groups in total. The van der Waals surface area contributed by atoms with Gasteiger partial charge in [0.05, 0.1) is 46.0 Å². The van der Waals surface area contributed by atoms with Crippen molar-refractivity contribution in [2.75, 3.05) is 11.9 Å². The quantitative estimate of drug-likeness (QED) is 0.258. The molecule has 2 aliphatic carbocycles. The van der Waals surface area contributed by atoms with Crippen LogP contribution in [0.1, 0.15) is 66.2 Å². The molecule has 204 valence electrons. The fraction of sp³-hybridized carbons (Fsp3) is 0.407. The Morgan fingerprint density at radius 3 is 2.77 bits per heavy atom. The second kappa shape index (κ2) is 10.1. The van der Waals surface area contributed by atoms with E-state index in [-0.39, 0.29) is 11.7 Å². The third kappa shape index (κ3) is 5.05. The lowest BCUT2D eigenvalue weighted by atomic mass is 9.87. The summed E-state index contributed by atoms with van der Waals surface area (Å²) in [6.45, 7) is 2.97. The molecule has 0 unspecified atom stereocenters. The summed E-state index contributed by atoms with van der Waals surface area (Å²) >= 11 is 1.23. The third-order valence-corrected chi connectivity index (χ3v) is 8.36. The highest BCUT2D eigenvalue weighted by Crippen LogP contribution is 2.44. The molecule has 0 aliphatic heterocycles. The van der Waals surface area contributed by atoms with E-state index in [4.69, 9.17) is 0 Å². The molecule has 4 aromatic rings. The monoisotopic (exact) mass is 555 g/mol. The van der Waals surface area contributed by atoms with E-state index >= 15 is 0 Å². The summed E-state index contributed by atoms with van der Waals surface area (Å²) in [4.78, 5) is 17.9. The second-order valence-electron chi connectivity index (χ2n) is 10.1. The van der Waals surface area contributed by atoms with Gasteiger partial charge in [-0.1, -0.05) is 42.7 Å². The van der Waals surface area contributed by atoms with Crippen LogP contribution < -0.4 is 10.6 Å². The number of nitrogens with zero attached hydrogens (tertiary/aromatic N) is 5. The lowest BCUT2D eigenvalue weighted by molar-refractivity contribution is -0.137. The molecule has 1 aromatic carbocycles. The van der Waals surface area contributed by atoms with Gasteiger partial charge in [0.25, 0.3) is 0 Å². The number of amides is 2. The van der Waals surface area contributed by atoms with E-state index in [0.717, 1.165) is 17.3 Å². The molecule has 3 aromatic heterocycles. The molecule has 3 heterocycles. The summed E-state index contributed by atoms with van der Waals surface area (Å²) in [6.07, 6.45) is 3.63. The summed E-state index contributed by atoms with van der Waals surface area (Å²) < 4.78 is 44.3. The average Bonchev–Trinajstić information content (AvgIpc) is 3.65. The lowest BCUT2D eigenvalue weighted by Gasteiger charge is -2.22. The number of thiazole rings is 1. The van der Waals surface area contributed by atoms with E-state index < -0.39 is 11.7 Å². The third-order valence-electron chi connectivity index (χ3n) is 7.34. The number of urea groups is 1. The van der Waals surface area contributed by atoms with Crippen LogP contribution in [0, 0.1) is 6.92 Å². The molecule has 1 saturated carbocycles. The predicted molar refractivity (Wildman–Crippen MR) is 142 cm³/mol. The van der Waals surface area contributed by atoms with Crippen molar-refractivity contribution < 1.29 is 18.0 Å². The van der Waals surface area contributed by atoms with Crippen molar-refractivity contribution in [1.82, 2.24) is 29.9 Å². The molecule has 0 spiro atoms. The van der Waals surface area contributed by atoms with Gasteiger partial charge >= 0.3 is 12.2 Å². The fourth-order valence-corrected chi connectivity index (χ4v) is 6.66. The molecule has 6 rings (SSSR count). The number of nitrogens with one attached hydrogen (secondary N) is 2. The molecule has 2 amide bonds. The Morgan fingerprint density at radius 2 is 1.97 bits per heavy atom. The van der Waals surface area contributed by atoms with Crippen LogP contribution in [0.5, 0.6) is 0 Å². The molecule has 0 atom stereocenters.